The number of aromatic nitrogens is 3. The number of amides is 1. The number of carbonyl (C=O) groups is 1. The van der Waals surface area contributed by atoms with E-state index >= 15 is 0 Å². The Morgan fingerprint density at radius 2 is 1.93 bits per heavy atom. The molecule has 152 valence electrons. The van der Waals surface area contributed by atoms with E-state index in [-0.39, 0.29) is 16.5 Å². The van der Waals surface area contributed by atoms with Crippen molar-refractivity contribution < 1.29 is 18.0 Å². The van der Waals surface area contributed by atoms with Gasteiger partial charge in [-0.05, 0) is 37.3 Å². The summed E-state index contributed by atoms with van der Waals surface area (Å²) in [6.07, 6.45) is -2.98. The minimum Gasteiger partial charge on any atom is -0.362 e. The molecule has 6 nitrogen and oxygen atoms in total. The van der Waals surface area contributed by atoms with Crippen molar-refractivity contribution in [2.75, 3.05) is 24.3 Å². The molecule has 3 rings (SSSR count). The first-order chi connectivity index (χ1) is 13.6. The van der Waals surface area contributed by atoms with Gasteiger partial charge in [0.2, 0.25) is 0 Å². The van der Waals surface area contributed by atoms with Gasteiger partial charge in [0.25, 0.3) is 5.91 Å². The van der Waals surface area contributed by atoms with Gasteiger partial charge in [0.05, 0.1) is 27.5 Å². The highest BCUT2D eigenvalue weighted by atomic mass is 35.5. The molecule has 0 unspecified atom stereocenters. The van der Waals surface area contributed by atoms with E-state index in [2.05, 4.69) is 15.4 Å². The molecule has 2 aromatic heterocycles. The van der Waals surface area contributed by atoms with E-state index in [1.54, 1.807) is 50.3 Å². The lowest BCUT2D eigenvalue weighted by molar-refractivity contribution is -0.137. The lowest BCUT2D eigenvalue weighted by Crippen LogP contribution is -2.21. The summed E-state index contributed by atoms with van der Waals surface area (Å²) in [5.41, 5.74) is -0.0702. The van der Waals surface area contributed by atoms with Crippen molar-refractivity contribution in [2.24, 2.45) is 0 Å². The van der Waals surface area contributed by atoms with Gasteiger partial charge < -0.3 is 10.2 Å². The number of nitrogens with zero attached hydrogens (tertiary/aromatic N) is 4. The molecule has 0 aliphatic heterocycles. The average molecular weight is 424 g/mol. The van der Waals surface area contributed by atoms with Crippen molar-refractivity contribution in [1.82, 2.24) is 14.8 Å². The van der Waals surface area contributed by atoms with E-state index in [4.69, 9.17) is 11.6 Å². The van der Waals surface area contributed by atoms with Crippen LogP contribution in [0.25, 0.3) is 5.69 Å². The van der Waals surface area contributed by atoms with Crippen molar-refractivity contribution >= 4 is 29.1 Å². The molecule has 1 N–H and O–H groups in total. The number of hydrogen-bond donors (Lipinski definition) is 1. The van der Waals surface area contributed by atoms with Gasteiger partial charge in [0.1, 0.15) is 11.6 Å². The molecule has 0 fully saturated rings. The summed E-state index contributed by atoms with van der Waals surface area (Å²) >= 11 is 6.12. The van der Waals surface area contributed by atoms with Crippen molar-refractivity contribution in [2.45, 2.75) is 13.1 Å². The van der Waals surface area contributed by atoms with Crippen LogP contribution in [0.2, 0.25) is 5.02 Å². The molecule has 2 heterocycles. The van der Waals surface area contributed by atoms with E-state index in [1.165, 1.54) is 4.68 Å². The fourth-order valence-electron chi connectivity index (χ4n) is 2.74. The molecule has 3 aromatic rings. The van der Waals surface area contributed by atoms with Crippen molar-refractivity contribution in [3.05, 3.63) is 64.4 Å². The highest BCUT2D eigenvalue weighted by Gasteiger charge is 2.31. The highest BCUT2D eigenvalue weighted by Crippen LogP contribution is 2.34. The van der Waals surface area contributed by atoms with Crippen LogP contribution in [0.4, 0.5) is 24.8 Å². The predicted octanol–water partition coefficient (Wildman–Crippen LogP) is 4.57. The number of benzene rings is 1. The van der Waals surface area contributed by atoms with Gasteiger partial charge in [-0.25, -0.2) is 9.67 Å². The number of rotatable bonds is 4. The van der Waals surface area contributed by atoms with Crippen LogP contribution in [-0.2, 0) is 6.18 Å². The van der Waals surface area contributed by atoms with Gasteiger partial charge in [0.15, 0.2) is 0 Å². The van der Waals surface area contributed by atoms with E-state index in [0.717, 1.165) is 18.2 Å². The summed E-state index contributed by atoms with van der Waals surface area (Å²) in [7, 11) is 3.49. The molecule has 1 amide bonds. The Labute approximate surface area is 169 Å². The van der Waals surface area contributed by atoms with Crippen molar-refractivity contribution in [3.63, 3.8) is 0 Å². The third-order valence-corrected chi connectivity index (χ3v) is 4.35. The molecule has 1 aromatic carbocycles. The topological polar surface area (TPSA) is 63.1 Å². The second-order valence-corrected chi connectivity index (χ2v) is 6.88. The first-order valence-corrected chi connectivity index (χ1v) is 8.83. The van der Waals surface area contributed by atoms with Crippen LogP contribution in [0.3, 0.4) is 0 Å². The minimum absolute atomic E-state index is 0.00362. The largest absolute Gasteiger partial charge is 0.416 e. The summed E-state index contributed by atoms with van der Waals surface area (Å²) in [6.45, 7) is 1.66. The second-order valence-electron chi connectivity index (χ2n) is 6.47. The van der Waals surface area contributed by atoms with Gasteiger partial charge >= 0.3 is 6.18 Å². The third-order valence-electron chi connectivity index (χ3n) is 4.03. The maximum Gasteiger partial charge on any atom is 0.416 e. The quantitative estimate of drug-likeness (QED) is 0.668. The molecule has 0 spiro atoms. The number of hydrogen-bond acceptors (Lipinski definition) is 4. The Morgan fingerprint density at radius 3 is 2.59 bits per heavy atom. The molecule has 0 bridgehead atoms. The predicted molar refractivity (Wildman–Crippen MR) is 105 cm³/mol. The van der Waals surface area contributed by atoms with Crippen LogP contribution < -0.4 is 10.2 Å². The van der Waals surface area contributed by atoms with Gasteiger partial charge in [-0.15, -0.1) is 0 Å². The number of carbonyl (C=O) groups excluding carboxylic acids is 1. The zero-order valence-electron chi connectivity index (χ0n) is 15.8. The number of anilines is 2. The molecule has 10 heteroatoms. The van der Waals surface area contributed by atoms with Gasteiger partial charge in [-0.2, -0.15) is 18.3 Å². The van der Waals surface area contributed by atoms with E-state index in [1.807, 2.05) is 0 Å². The zero-order chi connectivity index (χ0) is 21.3. The normalized spacial score (nSPS) is 11.4. The fourth-order valence-corrected chi connectivity index (χ4v) is 2.94. The van der Waals surface area contributed by atoms with Gasteiger partial charge in [-0.1, -0.05) is 11.6 Å². The summed E-state index contributed by atoms with van der Waals surface area (Å²) in [6, 6.07) is 7.68. The Balaban J connectivity index is 2.02. The van der Waals surface area contributed by atoms with E-state index in [9.17, 15) is 18.0 Å². The Morgan fingerprint density at radius 1 is 1.21 bits per heavy atom. The Bertz CT molecular complexity index is 1060. The third kappa shape index (κ3) is 4.34. The minimum atomic E-state index is -4.54. The van der Waals surface area contributed by atoms with Crippen LogP contribution in [0, 0.1) is 6.92 Å². The fraction of sp³-hybridized carbons (Fsp3) is 0.211. The SMILES string of the molecule is Cc1cc(NC(=O)c2cccnc2N(C)C)n(-c2cc(C(F)(F)F)ccc2Cl)n1. The molecule has 0 saturated carbocycles. The summed E-state index contributed by atoms with van der Waals surface area (Å²) in [5, 5.41) is 6.94. The van der Waals surface area contributed by atoms with Crippen LogP contribution in [0.1, 0.15) is 21.6 Å². The zero-order valence-corrected chi connectivity index (χ0v) is 16.5. The number of nitrogens with one attached hydrogen (secondary N) is 1. The lowest BCUT2D eigenvalue weighted by atomic mass is 10.2. The van der Waals surface area contributed by atoms with E-state index in [0.29, 0.717) is 17.1 Å². The molecular formula is C19H17ClF3N5O. The lowest BCUT2D eigenvalue weighted by Gasteiger charge is -2.16. The standard InChI is InChI=1S/C19H17ClF3N5O/c1-11-9-16(25-18(29)13-5-4-8-24-17(13)27(2)3)28(26-11)15-10-12(19(21,22)23)6-7-14(15)20/h4-10H,1-3H3,(H,25,29). The Kier molecular flexibility index (Phi) is 5.52. The molecule has 0 atom stereocenters. The second kappa shape index (κ2) is 7.75. The monoisotopic (exact) mass is 423 g/mol. The van der Waals surface area contributed by atoms with E-state index < -0.39 is 17.6 Å². The van der Waals surface area contributed by atoms with Crippen molar-refractivity contribution in [1.29, 1.82) is 0 Å². The van der Waals surface area contributed by atoms with Crippen LogP contribution >= 0.6 is 11.6 Å². The average Bonchev–Trinajstić information content (AvgIpc) is 3.01. The molecule has 0 radical (unpaired) electrons. The van der Waals surface area contributed by atoms with Gasteiger partial charge in [-0.3, -0.25) is 4.79 Å². The maximum atomic E-state index is 13.1. The summed E-state index contributed by atoms with van der Waals surface area (Å²) in [4.78, 5) is 18.7. The van der Waals surface area contributed by atoms with Crippen LogP contribution in [-0.4, -0.2) is 34.8 Å². The first kappa shape index (κ1) is 20.7. The molecule has 0 aliphatic carbocycles. The maximum absolute atomic E-state index is 13.1. The van der Waals surface area contributed by atoms with Gasteiger partial charge in [0, 0.05) is 26.4 Å². The molecule has 29 heavy (non-hydrogen) atoms. The molecular weight excluding hydrogens is 407 g/mol. The molecule has 0 aliphatic rings. The number of aryl methyl sites for hydroxylation is 1. The summed E-state index contributed by atoms with van der Waals surface area (Å²) < 4.78 is 40.5. The first-order valence-electron chi connectivity index (χ1n) is 8.45. The van der Waals surface area contributed by atoms with Crippen LogP contribution in [0.15, 0.2) is 42.6 Å². The Hall–Kier alpha value is -3.07. The van der Waals surface area contributed by atoms with Crippen molar-refractivity contribution in [3.8, 4) is 5.69 Å². The molecule has 0 saturated heterocycles. The number of alkyl halides is 3. The smallest absolute Gasteiger partial charge is 0.362 e. The highest BCUT2D eigenvalue weighted by molar-refractivity contribution is 6.32. The number of pyridine rings is 1. The summed E-state index contributed by atoms with van der Waals surface area (Å²) in [5.74, 6) is 0.151. The number of halogens is 4. The van der Waals surface area contributed by atoms with Crippen LogP contribution in [0.5, 0.6) is 0 Å².